The summed E-state index contributed by atoms with van der Waals surface area (Å²) in [5, 5.41) is 9.62. The first-order chi connectivity index (χ1) is 19.1. The molecule has 10 heteroatoms. The highest BCUT2D eigenvalue weighted by atomic mass is 16.5. The van der Waals surface area contributed by atoms with Crippen molar-refractivity contribution >= 4 is 24.0 Å². The second kappa shape index (κ2) is 14.0. The Kier molecular flexibility index (Phi) is 10.5. The van der Waals surface area contributed by atoms with Gasteiger partial charge in [-0.1, -0.05) is 48.5 Å². The van der Waals surface area contributed by atoms with Crippen LogP contribution in [0.2, 0.25) is 0 Å². The number of hydrogen-bond acceptors (Lipinski definition) is 7. The van der Waals surface area contributed by atoms with Gasteiger partial charge in [-0.2, -0.15) is 0 Å². The van der Waals surface area contributed by atoms with Gasteiger partial charge in [-0.25, -0.2) is 4.79 Å². The van der Waals surface area contributed by atoms with Gasteiger partial charge in [0.15, 0.2) is 0 Å². The largest absolute Gasteiger partial charge is 0.496 e. The third-order valence-corrected chi connectivity index (χ3v) is 6.52. The smallest absolute Gasteiger partial charge is 0.339 e. The molecule has 2 amide bonds. The summed E-state index contributed by atoms with van der Waals surface area (Å²) in [7, 11) is 1.39. The van der Waals surface area contributed by atoms with E-state index >= 15 is 0 Å². The number of nitrogens with two attached hydrogens (primary N) is 3. The first kappa shape index (κ1) is 30.0. The van der Waals surface area contributed by atoms with Crippen LogP contribution in [0.15, 0.2) is 77.8 Å². The Balaban J connectivity index is 1.89. The number of aliphatic imine (C=N–C) groups is 1. The van der Waals surface area contributed by atoms with Crippen molar-refractivity contribution in [3.63, 3.8) is 0 Å². The summed E-state index contributed by atoms with van der Waals surface area (Å²) < 4.78 is 5.17. The van der Waals surface area contributed by atoms with Crippen molar-refractivity contribution in [3.8, 4) is 5.75 Å². The van der Waals surface area contributed by atoms with Gasteiger partial charge >= 0.3 is 5.97 Å². The molecule has 10 nitrogen and oxygen atoms in total. The molecule has 3 atom stereocenters. The van der Waals surface area contributed by atoms with Crippen molar-refractivity contribution in [2.75, 3.05) is 13.7 Å². The summed E-state index contributed by atoms with van der Waals surface area (Å²) in [6.45, 7) is 2.18. The van der Waals surface area contributed by atoms with E-state index in [2.05, 4.69) is 4.99 Å². The van der Waals surface area contributed by atoms with Crippen LogP contribution >= 0.6 is 0 Å². The van der Waals surface area contributed by atoms with Crippen LogP contribution in [0.4, 0.5) is 0 Å². The van der Waals surface area contributed by atoms with Crippen LogP contribution in [0.3, 0.4) is 0 Å². The number of methoxy groups -OCH3 is 1. The molecule has 7 N–H and O–H groups in total. The van der Waals surface area contributed by atoms with E-state index in [4.69, 9.17) is 21.9 Å². The van der Waals surface area contributed by atoms with Crippen molar-refractivity contribution in [1.82, 2.24) is 4.90 Å². The molecular weight excluding hydrogens is 510 g/mol. The summed E-state index contributed by atoms with van der Waals surface area (Å²) in [6, 6.07) is 19.2. The lowest BCUT2D eigenvalue weighted by Gasteiger charge is -2.30. The van der Waals surface area contributed by atoms with E-state index in [1.54, 1.807) is 47.5 Å². The van der Waals surface area contributed by atoms with Gasteiger partial charge in [0, 0.05) is 24.9 Å². The molecule has 1 unspecified atom stereocenters. The van der Waals surface area contributed by atoms with Crippen molar-refractivity contribution in [3.05, 3.63) is 101 Å². The molecule has 0 saturated carbocycles. The molecule has 0 heterocycles. The lowest BCUT2D eigenvalue weighted by molar-refractivity contribution is -0.134. The summed E-state index contributed by atoms with van der Waals surface area (Å²) in [5.74, 6) is -1.82. The molecule has 3 aromatic rings. The lowest BCUT2D eigenvalue weighted by Crippen LogP contribution is -2.48. The zero-order chi connectivity index (χ0) is 29.2. The first-order valence-corrected chi connectivity index (χ1v) is 12.8. The van der Waals surface area contributed by atoms with Crippen LogP contribution in [0, 0.1) is 0 Å². The zero-order valence-corrected chi connectivity index (χ0v) is 22.6. The SMILES string of the molecule is COc1ccc(CN(C(=O)[C@@H](N)Cc2ccc(C(N)=O)cc2)[C@@H](C)C=NC(CN)c2ccccc2)cc1C(=O)O. The second-order valence-electron chi connectivity index (χ2n) is 9.38. The monoisotopic (exact) mass is 545 g/mol. The van der Waals surface area contributed by atoms with Gasteiger partial charge in [0.2, 0.25) is 11.8 Å². The molecule has 0 aromatic heterocycles. The third kappa shape index (κ3) is 7.75. The number of aromatic carboxylic acids is 1. The fourth-order valence-corrected chi connectivity index (χ4v) is 4.27. The van der Waals surface area contributed by atoms with Crippen molar-refractivity contribution in [2.45, 2.75) is 38.0 Å². The predicted molar refractivity (Wildman–Crippen MR) is 153 cm³/mol. The molecular formula is C30H35N5O5. The number of ether oxygens (including phenoxy) is 1. The van der Waals surface area contributed by atoms with Gasteiger partial charge in [0.05, 0.1) is 25.2 Å². The van der Waals surface area contributed by atoms with Gasteiger partial charge in [-0.05, 0) is 54.3 Å². The standard InChI is InChI=1S/C30H35N5O5/c1-19(17-34-26(16-31)22-6-4-3-5-7-22)35(18-21-10-13-27(40-2)24(14-21)30(38)39)29(37)25(32)15-20-8-11-23(12-9-20)28(33)36/h3-14,17,19,25-26H,15-16,18,31-32H2,1-2H3,(H2,33,36)(H,38,39)/t19-,25-,26?/m0/s1. The summed E-state index contributed by atoms with van der Waals surface area (Å²) in [4.78, 5) is 43.1. The lowest BCUT2D eigenvalue weighted by atomic mass is 10.0. The molecule has 3 aromatic carbocycles. The average Bonchev–Trinajstić information content (AvgIpc) is 2.96. The molecule has 0 radical (unpaired) electrons. The number of carbonyl (C=O) groups is 3. The molecule has 3 rings (SSSR count). The molecule has 0 bridgehead atoms. The van der Waals surface area contributed by atoms with E-state index < -0.39 is 24.0 Å². The summed E-state index contributed by atoms with van der Waals surface area (Å²) >= 11 is 0. The quantitative estimate of drug-likeness (QED) is 0.239. The Morgan fingerprint density at radius 2 is 1.68 bits per heavy atom. The molecule has 0 aliphatic heterocycles. The highest BCUT2D eigenvalue weighted by Crippen LogP contribution is 2.22. The third-order valence-electron chi connectivity index (χ3n) is 6.52. The Morgan fingerprint density at radius 3 is 2.25 bits per heavy atom. The number of primary amides is 1. The van der Waals surface area contributed by atoms with Crippen LogP contribution in [0.5, 0.6) is 5.75 Å². The van der Waals surface area contributed by atoms with Crippen LogP contribution in [-0.2, 0) is 17.8 Å². The molecule has 40 heavy (non-hydrogen) atoms. The maximum atomic E-state index is 13.7. The average molecular weight is 546 g/mol. The van der Waals surface area contributed by atoms with Crippen LogP contribution < -0.4 is 21.9 Å². The maximum absolute atomic E-state index is 13.7. The number of carboxylic acids is 1. The minimum Gasteiger partial charge on any atom is -0.496 e. The predicted octanol–water partition coefficient (Wildman–Crippen LogP) is 2.55. The topological polar surface area (TPSA) is 174 Å². The molecule has 0 saturated heterocycles. The van der Waals surface area contributed by atoms with E-state index in [9.17, 15) is 19.5 Å². The summed E-state index contributed by atoms with van der Waals surface area (Å²) in [6.07, 6.45) is 1.88. The fraction of sp³-hybridized carbons (Fsp3) is 0.267. The second-order valence-corrected chi connectivity index (χ2v) is 9.38. The normalized spacial score (nSPS) is 13.4. The highest BCUT2D eigenvalue weighted by molar-refractivity contribution is 5.93. The Morgan fingerprint density at radius 1 is 1.02 bits per heavy atom. The fourth-order valence-electron chi connectivity index (χ4n) is 4.27. The number of hydrogen-bond donors (Lipinski definition) is 4. The van der Waals surface area contributed by atoms with E-state index in [0.717, 1.165) is 11.1 Å². The zero-order valence-electron chi connectivity index (χ0n) is 22.6. The number of carboxylic acid groups (broad SMARTS) is 1. The van der Waals surface area contributed by atoms with E-state index in [-0.39, 0.29) is 42.8 Å². The number of benzene rings is 3. The van der Waals surface area contributed by atoms with E-state index in [0.29, 0.717) is 11.1 Å². The Labute approximate surface area is 233 Å². The van der Waals surface area contributed by atoms with Crippen molar-refractivity contribution < 1.29 is 24.2 Å². The van der Waals surface area contributed by atoms with Crippen LogP contribution in [-0.4, -0.2) is 59.7 Å². The van der Waals surface area contributed by atoms with Gasteiger partial charge in [-0.3, -0.25) is 14.6 Å². The van der Waals surface area contributed by atoms with Gasteiger partial charge in [-0.15, -0.1) is 0 Å². The Hall–Kier alpha value is -4.54. The number of carbonyl (C=O) groups excluding carboxylic acids is 2. The molecule has 210 valence electrons. The molecule has 0 aliphatic carbocycles. The number of nitrogens with zero attached hydrogens (tertiary/aromatic N) is 2. The number of rotatable bonds is 13. The van der Waals surface area contributed by atoms with E-state index in [1.165, 1.54) is 13.2 Å². The van der Waals surface area contributed by atoms with E-state index in [1.807, 2.05) is 37.3 Å². The highest BCUT2D eigenvalue weighted by Gasteiger charge is 2.26. The van der Waals surface area contributed by atoms with Gasteiger partial charge in [0.1, 0.15) is 11.3 Å². The first-order valence-electron chi connectivity index (χ1n) is 12.8. The van der Waals surface area contributed by atoms with Gasteiger partial charge < -0.3 is 31.9 Å². The van der Waals surface area contributed by atoms with Crippen molar-refractivity contribution in [1.29, 1.82) is 0 Å². The molecule has 0 fully saturated rings. The molecule has 0 spiro atoms. The minimum absolute atomic E-state index is 0.0140. The summed E-state index contributed by atoms with van der Waals surface area (Å²) in [5.41, 5.74) is 20.3. The minimum atomic E-state index is -1.14. The maximum Gasteiger partial charge on any atom is 0.339 e. The van der Waals surface area contributed by atoms with Crippen LogP contribution in [0.1, 0.15) is 50.4 Å². The molecule has 0 aliphatic rings. The number of amides is 2. The van der Waals surface area contributed by atoms with Crippen molar-refractivity contribution in [2.24, 2.45) is 22.2 Å². The van der Waals surface area contributed by atoms with Crippen LogP contribution in [0.25, 0.3) is 0 Å². The van der Waals surface area contributed by atoms with Gasteiger partial charge in [0.25, 0.3) is 0 Å². The Bertz CT molecular complexity index is 1340.